The summed E-state index contributed by atoms with van der Waals surface area (Å²) in [6.45, 7) is 16.1. The molecule has 232 valence electrons. The average molecular weight is 592 g/mol. The number of hydrogen-bond acceptors (Lipinski definition) is 7. The number of piperazine rings is 1. The minimum Gasteiger partial charge on any atom is -0.371 e. The van der Waals surface area contributed by atoms with Crippen molar-refractivity contribution in [2.75, 3.05) is 51.7 Å². The number of anilines is 1. The van der Waals surface area contributed by atoms with E-state index in [0.29, 0.717) is 30.3 Å². The number of aromatic nitrogens is 4. The minimum absolute atomic E-state index is 0.107. The summed E-state index contributed by atoms with van der Waals surface area (Å²) in [5.74, 6) is 1.71. The summed E-state index contributed by atoms with van der Waals surface area (Å²) >= 11 is 0. The van der Waals surface area contributed by atoms with Gasteiger partial charge in [-0.2, -0.15) is 4.31 Å². The highest BCUT2D eigenvalue weighted by Crippen LogP contribution is 2.25. The second-order valence-corrected chi connectivity index (χ2v) is 13.1. The van der Waals surface area contributed by atoms with Gasteiger partial charge in [0.25, 0.3) is 15.6 Å². The number of aryl methyl sites for hydroxylation is 1. The third kappa shape index (κ3) is 10.7. The van der Waals surface area contributed by atoms with Crippen LogP contribution in [0.2, 0.25) is 0 Å². The van der Waals surface area contributed by atoms with Crippen molar-refractivity contribution in [1.82, 2.24) is 29.1 Å². The van der Waals surface area contributed by atoms with Crippen molar-refractivity contribution in [3.63, 3.8) is 0 Å². The molecule has 0 spiro atoms. The molecular weight excluding hydrogens is 538 g/mol. The van der Waals surface area contributed by atoms with Crippen molar-refractivity contribution >= 4 is 21.3 Å². The van der Waals surface area contributed by atoms with E-state index in [1.165, 1.54) is 55.4 Å². The molecule has 0 radical (unpaired) electrons. The number of hydrogen-bond donors (Lipinski definition) is 2. The number of imidazole rings is 1. The molecule has 0 unspecified atom stereocenters. The Morgan fingerprint density at radius 1 is 1.07 bits per heavy atom. The van der Waals surface area contributed by atoms with E-state index in [1.807, 2.05) is 14.1 Å². The van der Waals surface area contributed by atoms with E-state index in [4.69, 9.17) is 0 Å². The molecule has 0 aromatic carbocycles. The third-order valence-electron chi connectivity index (χ3n) is 7.61. The van der Waals surface area contributed by atoms with Crippen LogP contribution >= 0.6 is 0 Å². The molecule has 1 saturated heterocycles. The second kappa shape index (κ2) is 17.5. The molecule has 1 saturated carbocycles. The Morgan fingerprint density at radius 2 is 1.73 bits per heavy atom. The predicted octanol–water partition coefficient (Wildman–Crippen LogP) is 5.06. The van der Waals surface area contributed by atoms with Crippen LogP contribution in [0.4, 0.5) is 5.69 Å². The number of allylic oxidation sites excluding steroid dienone is 1. The van der Waals surface area contributed by atoms with Gasteiger partial charge in [0.2, 0.25) is 0 Å². The number of nitrogens with one attached hydrogen (secondary N) is 2. The number of aromatic amines is 2. The zero-order valence-corrected chi connectivity index (χ0v) is 27.0. The number of H-pyrrole nitrogens is 2. The smallest absolute Gasteiger partial charge is 0.275 e. The SMILES string of the molecule is C=C(CCC)c1nc(C)[nH]c(=O)c1N(C)C.CCC1CCCCC1.CCCN1CCN(S(=O)(=O)c2cnc[nH]2)CC1. The summed E-state index contributed by atoms with van der Waals surface area (Å²) in [6.07, 6.45) is 14.6. The van der Waals surface area contributed by atoms with E-state index >= 15 is 0 Å². The lowest BCUT2D eigenvalue weighted by molar-refractivity contribution is 0.188. The normalized spacial score (nSPS) is 16.7. The van der Waals surface area contributed by atoms with Crippen LogP contribution in [-0.2, 0) is 10.0 Å². The maximum absolute atomic E-state index is 12.1. The fourth-order valence-corrected chi connectivity index (χ4v) is 6.61. The summed E-state index contributed by atoms with van der Waals surface area (Å²) in [5, 5.41) is 0.182. The van der Waals surface area contributed by atoms with E-state index in [2.05, 4.69) is 52.2 Å². The van der Waals surface area contributed by atoms with E-state index in [-0.39, 0.29) is 10.6 Å². The van der Waals surface area contributed by atoms with Crippen molar-refractivity contribution in [2.45, 2.75) is 90.5 Å². The Labute approximate surface area is 247 Å². The van der Waals surface area contributed by atoms with Gasteiger partial charge >= 0.3 is 0 Å². The van der Waals surface area contributed by atoms with Gasteiger partial charge in [-0.05, 0) is 37.8 Å². The zero-order valence-electron chi connectivity index (χ0n) is 26.2. The van der Waals surface area contributed by atoms with Crippen molar-refractivity contribution in [1.29, 1.82) is 0 Å². The molecule has 2 aromatic heterocycles. The van der Waals surface area contributed by atoms with Crippen molar-refractivity contribution in [3.8, 4) is 0 Å². The summed E-state index contributed by atoms with van der Waals surface area (Å²) < 4.78 is 25.8. The highest BCUT2D eigenvalue weighted by Gasteiger charge is 2.29. The van der Waals surface area contributed by atoms with Crippen LogP contribution < -0.4 is 10.5 Å². The Morgan fingerprint density at radius 3 is 2.22 bits per heavy atom. The molecule has 2 aromatic rings. The van der Waals surface area contributed by atoms with Crippen LogP contribution in [0.25, 0.3) is 5.57 Å². The quantitative estimate of drug-likeness (QED) is 0.418. The van der Waals surface area contributed by atoms with E-state index in [9.17, 15) is 13.2 Å². The Hall–Kier alpha value is -2.50. The molecule has 3 heterocycles. The first kappa shape index (κ1) is 34.7. The molecule has 1 aliphatic carbocycles. The Bertz CT molecular complexity index is 1200. The van der Waals surface area contributed by atoms with Gasteiger partial charge < -0.3 is 19.8 Å². The lowest BCUT2D eigenvalue weighted by Gasteiger charge is -2.33. The number of rotatable bonds is 9. The van der Waals surface area contributed by atoms with Gasteiger partial charge in [-0.15, -0.1) is 0 Å². The Kier molecular flexibility index (Phi) is 14.8. The predicted molar refractivity (Wildman–Crippen MR) is 169 cm³/mol. The molecule has 10 nitrogen and oxygen atoms in total. The van der Waals surface area contributed by atoms with Gasteiger partial charge in [-0.3, -0.25) is 4.79 Å². The van der Waals surface area contributed by atoms with Crippen LogP contribution in [0.3, 0.4) is 0 Å². The van der Waals surface area contributed by atoms with E-state index in [0.717, 1.165) is 50.4 Å². The lowest BCUT2D eigenvalue weighted by Crippen LogP contribution is -2.48. The topological polar surface area (TPSA) is 118 Å². The fraction of sp³-hybridized carbons (Fsp3) is 0.700. The van der Waals surface area contributed by atoms with Gasteiger partial charge in [0.1, 0.15) is 11.5 Å². The lowest BCUT2D eigenvalue weighted by atomic mass is 9.88. The molecule has 2 N–H and O–H groups in total. The zero-order chi connectivity index (χ0) is 30.4. The van der Waals surface area contributed by atoms with Gasteiger partial charge in [-0.25, -0.2) is 18.4 Å². The van der Waals surface area contributed by atoms with Crippen LogP contribution in [0.1, 0.15) is 90.1 Å². The van der Waals surface area contributed by atoms with Crippen molar-refractivity contribution in [3.05, 3.63) is 41.0 Å². The first-order valence-corrected chi connectivity index (χ1v) is 16.7. The molecule has 11 heteroatoms. The highest BCUT2D eigenvalue weighted by atomic mass is 32.2. The maximum atomic E-state index is 12.1. The van der Waals surface area contributed by atoms with Crippen molar-refractivity contribution in [2.24, 2.45) is 5.92 Å². The van der Waals surface area contributed by atoms with Crippen LogP contribution in [0, 0.1) is 12.8 Å². The monoisotopic (exact) mass is 591 g/mol. The first-order valence-electron chi connectivity index (χ1n) is 15.2. The highest BCUT2D eigenvalue weighted by molar-refractivity contribution is 7.89. The summed E-state index contributed by atoms with van der Waals surface area (Å²) in [7, 11) is 0.307. The summed E-state index contributed by atoms with van der Waals surface area (Å²) in [5.41, 5.74) is 2.11. The molecular formula is C30H53N7O3S. The Balaban J connectivity index is 0.000000229. The molecule has 2 aliphatic rings. The second-order valence-electron chi connectivity index (χ2n) is 11.2. The average Bonchev–Trinajstić information content (AvgIpc) is 3.50. The summed E-state index contributed by atoms with van der Waals surface area (Å²) in [4.78, 5) is 29.4. The number of sulfonamides is 1. The summed E-state index contributed by atoms with van der Waals surface area (Å²) in [6, 6.07) is 0. The van der Waals surface area contributed by atoms with Crippen LogP contribution in [0.15, 0.2) is 28.9 Å². The number of nitrogens with zero attached hydrogens (tertiary/aromatic N) is 5. The largest absolute Gasteiger partial charge is 0.371 e. The van der Waals surface area contributed by atoms with Gasteiger partial charge in [0, 0.05) is 40.3 Å². The van der Waals surface area contributed by atoms with Gasteiger partial charge in [0.15, 0.2) is 5.03 Å². The minimum atomic E-state index is -3.37. The molecule has 0 bridgehead atoms. The molecule has 0 atom stereocenters. The fourth-order valence-electron chi connectivity index (χ4n) is 5.29. The standard InChI is InChI=1S/C12H19N3O.C10H18N4O2S.C8H16/c1-6-7-8(2)10-11(15(4)5)12(16)14-9(3)13-10;1-2-3-13-4-6-14(7-5-13)17(15,16)10-8-11-9-12-10;1-2-8-6-4-3-5-7-8/h2,6-7H2,1,3-5H3,(H,13,14,16);8-9H,2-7H2,1H3,(H,11,12);8H,2-7H2,1H3. The molecule has 1 aliphatic heterocycles. The first-order chi connectivity index (χ1) is 19.5. The molecule has 0 amide bonds. The van der Waals surface area contributed by atoms with Crippen LogP contribution in [-0.4, -0.2) is 84.4 Å². The van der Waals surface area contributed by atoms with Crippen LogP contribution in [0.5, 0.6) is 0 Å². The van der Waals surface area contributed by atoms with Gasteiger partial charge in [0.05, 0.1) is 18.2 Å². The maximum Gasteiger partial charge on any atom is 0.275 e. The molecule has 4 rings (SSSR count). The van der Waals surface area contributed by atoms with E-state index in [1.54, 1.807) is 11.8 Å². The third-order valence-corrected chi connectivity index (χ3v) is 9.44. The molecule has 2 fully saturated rings. The van der Waals surface area contributed by atoms with Gasteiger partial charge in [-0.1, -0.05) is 72.3 Å². The molecule has 41 heavy (non-hydrogen) atoms. The van der Waals surface area contributed by atoms with Crippen molar-refractivity contribution < 1.29 is 8.42 Å². The van der Waals surface area contributed by atoms with E-state index < -0.39 is 10.0 Å².